The summed E-state index contributed by atoms with van der Waals surface area (Å²) in [6.45, 7) is 3.64. The third-order valence-electron chi connectivity index (χ3n) is 2.86. The SMILES string of the molecule is COCC(CCCl)NCC1CCOCC1. The lowest BCUT2D eigenvalue weighted by Gasteiger charge is -2.25. The smallest absolute Gasteiger partial charge is 0.0616 e. The Morgan fingerprint density at radius 3 is 2.80 bits per heavy atom. The van der Waals surface area contributed by atoms with Gasteiger partial charge in [0.25, 0.3) is 0 Å². The van der Waals surface area contributed by atoms with Crippen LogP contribution in [0.5, 0.6) is 0 Å². The molecule has 1 heterocycles. The molecule has 0 aromatic heterocycles. The molecule has 3 nitrogen and oxygen atoms in total. The summed E-state index contributed by atoms with van der Waals surface area (Å²) in [6.07, 6.45) is 3.32. The second-order valence-corrected chi connectivity index (χ2v) is 4.47. The highest BCUT2D eigenvalue weighted by atomic mass is 35.5. The van der Waals surface area contributed by atoms with Gasteiger partial charge in [0.1, 0.15) is 0 Å². The molecule has 1 saturated heterocycles. The van der Waals surface area contributed by atoms with Crippen molar-refractivity contribution in [2.24, 2.45) is 5.92 Å². The number of nitrogens with one attached hydrogen (secondary N) is 1. The van der Waals surface area contributed by atoms with Gasteiger partial charge in [-0.3, -0.25) is 0 Å². The van der Waals surface area contributed by atoms with Crippen molar-refractivity contribution in [2.75, 3.05) is 39.4 Å². The summed E-state index contributed by atoms with van der Waals surface area (Å²) >= 11 is 5.74. The highest BCUT2D eigenvalue weighted by Crippen LogP contribution is 2.13. The molecule has 1 rings (SSSR count). The molecule has 1 aliphatic rings. The molecule has 15 heavy (non-hydrogen) atoms. The highest BCUT2D eigenvalue weighted by molar-refractivity contribution is 6.17. The third kappa shape index (κ3) is 5.71. The third-order valence-corrected chi connectivity index (χ3v) is 3.08. The number of methoxy groups -OCH3 is 1. The van der Waals surface area contributed by atoms with Gasteiger partial charge in [0.15, 0.2) is 0 Å². The number of hydrogen-bond acceptors (Lipinski definition) is 3. The Morgan fingerprint density at radius 2 is 2.20 bits per heavy atom. The van der Waals surface area contributed by atoms with Crippen LogP contribution in [0.1, 0.15) is 19.3 Å². The number of halogens is 1. The first-order valence-corrected chi connectivity index (χ1v) is 6.26. The molecule has 1 atom stereocenters. The van der Waals surface area contributed by atoms with Gasteiger partial charge in [0, 0.05) is 32.2 Å². The van der Waals surface area contributed by atoms with Gasteiger partial charge in [-0.05, 0) is 31.7 Å². The fourth-order valence-corrected chi connectivity index (χ4v) is 2.12. The van der Waals surface area contributed by atoms with Gasteiger partial charge in [-0.1, -0.05) is 0 Å². The Hall–Kier alpha value is 0.170. The Balaban J connectivity index is 2.13. The minimum absolute atomic E-state index is 0.398. The average molecular weight is 236 g/mol. The van der Waals surface area contributed by atoms with Crippen molar-refractivity contribution in [2.45, 2.75) is 25.3 Å². The van der Waals surface area contributed by atoms with Crippen LogP contribution in [0.2, 0.25) is 0 Å². The first-order chi connectivity index (χ1) is 7.36. The molecule has 0 aliphatic carbocycles. The van der Waals surface area contributed by atoms with E-state index in [-0.39, 0.29) is 0 Å². The number of hydrogen-bond donors (Lipinski definition) is 1. The molecule has 0 aromatic carbocycles. The number of alkyl halides is 1. The van der Waals surface area contributed by atoms with E-state index in [1.54, 1.807) is 7.11 Å². The van der Waals surface area contributed by atoms with Crippen molar-refractivity contribution >= 4 is 11.6 Å². The van der Waals surface area contributed by atoms with Crippen molar-refractivity contribution in [3.63, 3.8) is 0 Å². The predicted molar refractivity (Wildman–Crippen MR) is 62.5 cm³/mol. The Morgan fingerprint density at radius 1 is 1.47 bits per heavy atom. The van der Waals surface area contributed by atoms with Crippen LogP contribution in [0.4, 0.5) is 0 Å². The van der Waals surface area contributed by atoms with Gasteiger partial charge in [0.2, 0.25) is 0 Å². The van der Waals surface area contributed by atoms with Crippen molar-refractivity contribution in [3.05, 3.63) is 0 Å². The minimum Gasteiger partial charge on any atom is -0.383 e. The summed E-state index contributed by atoms with van der Waals surface area (Å²) < 4.78 is 10.5. The summed E-state index contributed by atoms with van der Waals surface area (Å²) in [5.74, 6) is 1.45. The first-order valence-electron chi connectivity index (χ1n) is 5.73. The monoisotopic (exact) mass is 235 g/mol. The summed E-state index contributed by atoms with van der Waals surface area (Å²) in [6, 6.07) is 0.398. The minimum atomic E-state index is 0.398. The summed E-state index contributed by atoms with van der Waals surface area (Å²) in [7, 11) is 1.73. The number of ether oxygens (including phenoxy) is 2. The molecule has 0 bridgehead atoms. The molecule has 0 spiro atoms. The lowest BCUT2D eigenvalue weighted by molar-refractivity contribution is 0.0637. The van der Waals surface area contributed by atoms with Gasteiger partial charge >= 0.3 is 0 Å². The van der Waals surface area contributed by atoms with E-state index < -0.39 is 0 Å². The lowest BCUT2D eigenvalue weighted by Crippen LogP contribution is -2.38. The van der Waals surface area contributed by atoms with Crippen LogP contribution >= 0.6 is 11.6 Å². The highest BCUT2D eigenvalue weighted by Gasteiger charge is 2.15. The van der Waals surface area contributed by atoms with E-state index >= 15 is 0 Å². The van der Waals surface area contributed by atoms with Gasteiger partial charge in [-0.25, -0.2) is 0 Å². The fraction of sp³-hybridized carbons (Fsp3) is 1.00. The van der Waals surface area contributed by atoms with E-state index in [2.05, 4.69) is 5.32 Å². The molecule has 1 fully saturated rings. The van der Waals surface area contributed by atoms with E-state index in [9.17, 15) is 0 Å². The van der Waals surface area contributed by atoms with E-state index in [4.69, 9.17) is 21.1 Å². The van der Waals surface area contributed by atoms with E-state index in [1.165, 1.54) is 12.8 Å². The predicted octanol–water partition coefficient (Wildman–Crippen LogP) is 1.65. The van der Waals surface area contributed by atoms with Crippen LogP contribution in [0.3, 0.4) is 0 Å². The van der Waals surface area contributed by atoms with E-state index in [1.807, 2.05) is 0 Å². The van der Waals surface area contributed by atoms with E-state index in [0.29, 0.717) is 11.9 Å². The zero-order chi connectivity index (χ0) is 10.9. The largest absolute Gasteiger partial charge is 0.383 e. The van der Waals surface area contributed by atoms with Crippen LogP contribution in [-0.4, -0.2) is 45.4 Å². The maximum Gasteiger partial charge on any atom is 0.0616 e. The second kappa shape index (κ2) is 8.34. The van der Waals surface area contributed by atoms with Crippen LogP contribution in [0.25, 0.3) is 0 Å². The molecule has 90 valence electrons. The molecule has 0 radical (unpaired) electrons. The van der Waals surface area contributed by atoms with Crippen LogP contribution < -0.4 is 5.32 Å². The van der Waals surface area contributed by atoms with Gasteiger partial charge in [0.05, 0.1) is 6.61 Å². The van der Waals surface area contributed by atoms with Crippen molar-refractivity contribution < 1.29 is 9.47 Å². The Labute approximate surface area is 97.5 Å². The molecular weight excluding hydrogens is 214 g/mol. The van der Waals surface area contributed by atoms with Crippen molar-refractivity contribution in [1.29, 1.82) is 0 Å². The van der Waals surface area contributed by atoms with Crippen LogP contribution in [0, 0.1) is 5.92 Å². The quantitative estimate of drug-likeness (QED) is 0.681. The van der Waals surface area contributed by atoms with Gasteiger partial charge in [-0.15, -0.1) is 11.6 Å². The zero-order valence-electron chi connectivity index (χ0n) is 9.51. The molecule has 0 saturated carbocycles. The standard InChI is InChI=1S/C11H22ClNO2/c1-14-9-11(2-5-12)13-8-10-3-6-15-7-4-10/h10-11,13H,2-9H2,1H3. The van der Waals surface area contributed by atoms with Gasteiger partial charge in [-0.2, -0.15) is 0 Å². The molecule has 1 unspecified atom stereocenters. The molecule has 4 heteroatoms. The Bertz CT molecular complexity index is 146. The molecule has 0 amide bonds. The summed E-state index contributed by atoms with van der Waals surface area (Å²) in [5.41, 5.74) is 0. The zero-order valence-corrected chi connectivity index (χ0v) is 10.3. The maximum atomic E-state index is 5.74. The fourth-order valence-electron chi connectivity index (χ4n) is 1.86. The maximum absolute atomic E-state index is 5.74. The van der Waals surface area contributed by atoms with E-state index in [0.717, 1.165) is 38.7 Å². The summed E-state index contributed by atoms with van der Waals surface area (Å²) in [5, 5.41) is 3.53. The number of rotatable bonds is 7. The molecule has 0 aromatic rings. The van der Waals surface area contributed by atoms with Crippen LogP contribution in [0.15, 0.2) is 0 Å². The molecule has 1 N–H and O–H groups in total. The van der Waals surface area contributed by atoms with Gasteiger partial charge < -0.3 is 14.8 Å². The molecule has 1 aliphatic heterocycles. The topological polar surface area (TPSA) is 30.5 Å². The van der Waals surface area contributed by atoms with Crippen molar-refractivity contribution in [3.8, 4) is 0 Å². The lowest BCUT2D eigenvalue weighted by atomic mass is 10.00. The van der Waals surface area contributed by atoms with Crippen molar-refractivity contribution in [1.82, 2.24) is 5.32 Å². The average Bonchev–Trinajstić information content (AvgIpc) is 2.28. The Kier molecular flexibility index (Phi) is 7.36. The first kappa shape index (κ1) is 13.2. The summed E-state index contributed by atoms with van der Waals surface area (Å²) in [4.78, 5) is 0. The molecular formula is C11H22ClNO2. The second-order valence-electron chi connectivity index (χ2n) is 4.09. The van der Waals surface area contributed by atoms with Crippen LogP contribution in [-0.2, 0) is 9.47 Å². The normalized spacial score (nSPS) is 20.4.